The summed E-state index contributed by atoms with van der Waals surface area (Å²) in [6.45, 7) is 4.77. The van der Waals surface area contributed by atoms with Crippen molar-refractivity contribution in [2.75, 3.05) is 13.1 Å². The molecule has 1 saturated heterocycles. The topological polar surface area (TPSA) is 111 Å². The third-order valence-corrected chi connectivity index (χ3v) is 3.07. The Morgan fingerprint density at radius 3 is 2.61 bits per heavy atom. The van der Waals surface area contributed by atoms with Crippen LogP contribution in [0.2, 0.25) is 0 Å². The van der Waals surface area contributed by atoms with Gasteiger partial charge in [0.1, 0.15) is 6.10 Å². The summed E-state index contributed by atoms with van der Waals surface area (Å²) in [5, 5.41) is 0. The molecule has 104 valence electrons. The number of rotatable bonds is 6. The van der Waals surface area contributed by atoms with Gasteiger partial charge in [0, 0.05) is 12.6 Å². The highest BCUT2D eigenvalue weighted by atomic mass is 16.5. The van der Waals surface area contributed by atoms with Crippen molar-refractivity contribution < 1.29 is 14.3 Å². The van der Waals surface area contributed by atoms with Gasteiger partial charge in [-0.3, -0.25) is 19.9 Å². The second kappa shape index (κ2) is 6.67. The van der Waals surface area contributed by atoms with E-state index >= 15 is 0 Å². The molecule has 0 saturated carbocycles. The number of ether oxygens (including phenoxy) is 1. The van der Waals surface area contributed by atoms with Crippen molar-refractivity contribution in [2.24, 2.45) is 11.6 Å². The summed E-state index contributed by atoms with van der Waals surface area (Å²) in [5.74, 6) is 4.40. The number of carbonyl (C=O) groups is 2. The third kappa shape index (κ3) is 4.25. The van der Waals surface area contributed by atoms with Gasteiger partial charge in [0.15, 0.2) is 0 Å². The van der Waals surface area contributed by atoms with Gasteiger partial charge in [-0.25, -0.2) is 5.84 Å². The molecule has 2 amide bonds. The van der Waals surface area contributed by atoms with Crippen LogP contribution in [-0.4, -0.2) is 48.1 Å². The molecule has 1 fully saturated rings. The van der Waals surface area contributed by atoms with Crippen molar-refractivity contribution in [3.05, 3.63) is 0 Å². The average Bonchev–Trinajstić information content (AvgIpc) is 2.75. The second-order valence-electron chi connectivity index (χ2n) is 4.82. The van der Waals surface area contributed by atoms with Gasteiger partial charge in [0.05, 0.1) is 12.6 Å². The summed E-state index contributed by atoms with van der Waals surface area (Å²) in [5.41, 5.74) is 7.28. The normalized spacial score (nSPS) is 23.6. The summed E-state index contributed by atoms with van der Waals surface area (Å²) in [4.78, 5) is 24.2. The minimum absolute atomic E-state index is 0.0611. The molecule has 18 heavy (non-hydrogen) atoms. The molecule has 1 heterocycles. The van der Waals surface area contributed by atoms with E-state index in [9.17, 15) is 9.59 Å². The van der Waals surface area contributed by atoms with E-state index in [-0.39, 0.29) is 30.5 Å². The number of carbonyl (C=O) groups excluding carboxylic acids is 2. The maximum absolute atomic E-state index is 11.3. The lowest BCUT2D eigenvalue weighted by atomic mass is 10.1. The monoisotopic (exact) mass is 258 g/mol. The fourth-order valence-electron chi connectivity index (χ4n) is 2.05. The number of nitrogens with two attached hydrogens (primary N) is 2. The first kappa shape index (κ1) is 14.9. The lowest BCUT2D eigenvalue weighted by molar-refractivity contribution is -0.133. The molecule has 0 aliphatic carbocycles. The van der Waals surface area contributed by atoms with Crippen molar-refractivity contribution in [3.63, 3.8) is 0 Å². The Morgan fingerprint density at radius 2 is 2.11 bits per heavy atom. The summed E-state index contributed by atoms with van der Waals surface area (Å²) < 4.78 is 5.59. The zero-order chi connectivity index (χ0) is 13.7. The molecule has 0 aromatic carbocycles. The zero-order valence-corrected chi connectivity index (χ0v) is 10.9. The van der Waals surface area contributed by atoms with E-state index in [0.29, 0.717) is 13.0 Å². The molecule has 7 heteroatoms. The highest BCUT2D eigenvalue weighted by Gasteiger charge is 2.31. The second-order valence-corrected chi connectivity index (χ2v) is 4.82. The predicted molar refractivity (Wildman–Crippen MR) is 66.1 cm³/mol. The summed E-state index contributed by atoms with van der Waals surface area (Å²) in [6.07, 6.45) is 0.882. The standard InChI is InChI=1S/C11H22N4O3/c1-7(2)15(6-10(12)16)5-8-3-4-9(18-8)11(17)14-13/h7-9H,3-6,13H2,1-2H3,(H2,12,16)(H,14,17). The lowest BCUT2D eigenvalue weighted by Gasteiger charge is -2.27. The molecule has 0 bridgehead atoms. The molecular formula is C11H22N4O3. The molecule has 0 spiro atoms. The van der Waals surface area contributed by atoms with Crippen molar-refractivity contribution in [1.82, 2.24) is 10.3 Å². The van der Waals surface area contributed by atoms with Crippen molar-refractivity contribution in [2.45, 2.75) is 44.9 Å². The van der Waals surface area contributed by atoms with Crippen LogP contribution in [0.4, 0.5) is 0 Å². The number of hydrazine groups is 1. The maximum atomic E-state index is 11.3. The first-order chi connectivity index (χ1) is 8.43. The summed E-state index contributed by atoms with van der Waals surface area (Å²) in [7, 11) is 0. The quantitative estimate of drug-likeness (QED) is 0.312. The van der Waals surface area contributed by atoms with Gasteiger partial charge in [-0.2, -0.15) is 0 Å². The fraction of sp³-hybridized carbons (Fsp3) is 0.818. The fourth-order valence-corrected chi connectivity index (χ4v) is 2.05. The largest absolute Gasteiger partial charge is 0.369 e. The Bertz CT molecular complexity index is 309. The number of amides is 2. The Hall–Kier alpha value is -1.18. The van der Waals surface area contributed by atoms with E-state index in [0.717, 1.165) is 6.42 Å². The lowest BCUT2D eigenvalue weighted by Crippen LogP contribution is -2.44. The molecule has 7 nitrogen and oxygen atoms in total. The van der Waals surface area contributed by atoms with Gasteiger partial charge < -0.3 is 10.5 Å². The van der Waals surface area contributed by atoms with E-state index in [2.05, 4.69) is 5.43 Å². The molecular weight excluding hydrogens is 236 g/mol. The maximum Gasteiger partial charge on any atom is 0.263 e. The molecule has 0 aromatic rings. The van der Waals surface area contributed by atoms with Crippen LogP contribution in [0.15, 0.2) is 0 Å². The van der Waals surface area contributed by atoms with E-state index in [1.54, 1.807) is 0 Å². The number of nitrogens with zero attached hydrogens (tertiary/aromatic N) is 1. The molecule has 0 radical (unpaired) electrons. The minimum atomic E-state index is -0.484. The van der Waals surface area contributed by atoms with Gasteiger partial charge in [-0.15, -0.1) is 0 Å². The molecule has 0 aromatic heterocycles. The average molecular weight is 258 g/mol. The van der Waals surface area contributed by atoms with E-state index in [1.807, 2.05) is 18.7 Å². The zero-order valence-electron chi connectivity index (χ0n) is 10.9. The van der Waals surface area contributed by atoms with Gasteiger partial charge in [0.2, 0.25) is 5.91 Å². The van der Waals surface area contributed by atoms with E-state index < -0.39 is 6.10 Å². The van der Waals surface area contributed by atoms with E-state index in [4.69, 9.17) is 16.3 Å². The van der Waals surface area contributed by atoms with Crippen molar-refractivity contribution in [1.29, 1.82) is 0 Å². The SMILES string of the molecule is CC(C)N(CC(N)=O)CC1CCC(C(=O)NN)O1. The molecule has 2 unspecified atom stereocenters. The third-order valence-electron chi connectivity index (χ3n) is 3.07. The molecule has 1 rings (SSSR count). The van der Waals surface area contributed by atoms with Crippen LogP contribution in [0.3, 0.4) is 0 Å². The van der Waals surface area contributed by atoms with Gasteiger partial charge in [-0.05, 0) is 26.7 Å². The molecule has 1 aliphatic heterocycles. The van der Waals surface area contributed by atoms with Crippen LogP contribution >= 0.6 is 0 Å². The Labute approximate surface area is 107 Å². The van der Waals surface area contributed by atoms with Crippen LogP contribution < -0.4 is 17.0 Å². The highest BCUT2D eigenvalue weighted by Crippen LogP contribution is 2.21. The smallest absolute Gasteiger partial charge is 0.263 e. The van der Waals surface area contributed by atoms with Gasteiger partial charge >= 0.3 is 0 Å². The Kier molecular flexibility index (Phi) is 5.52. The number of hydrogen-bond acceptors (Lipinski definition) is 5. The van der Waals surface area contributed by atoms with Gasteiger partial charge in [0.25, 0.3) is 5.91 Å². The van der Waals surface area contributed by atoms with Crippen LogP contribution in [0.5, 0.6) is 0 Å². The number of nitrogens with one attached hydrogen (secondary N) is 1. The van der Waals surface area contributed by atoms with Crippen LogP contribution in [-0.2, 0) is 14.3 Å². The van der Waals surface area contributed by atoms with Crippen molar-refractivity contribution >= 4 is 11.8 Å². The van der Waals surface area contributed by atoms with Crippen LogP contribution in [0.1, 0.15) is 26.7 Å². The Morgan fingerprint density at radius 1 is 1.44 bits per heavy atom. The minimum Gasteiger partial charge on any atom is -0.369 e. The summed E-state index contributed by atoms with van der Waals surface area (Å²) in [6, 6.07) is 0.198. The van der Waals surface area contributed by atoms with Crippen molar-refractivity contribution in [3.8, 4) is 0 Å². The first-order valence-electron chi connectivity index (χ1n) is 6.12. The van der Waals surface area contributed by atoms with Crippen LogP contribution in [0, 0.1) is 0 Å². The number of primary amides is 1. The first-order valence-corrected chi connectivity index (χ1v) is 6.12. The predicted octanol–water partition coefficient (Wildman–Crippen LogP) is -1.28. The Balaban J connectivity index is 2.46. The highest BCUT2D eigenvalue weighted by molar-refractivity contribution is 5.80. The number of hydrogen-bond donors (Lipinski definition) is 3. The van der Waals surface area contributed by atoms with E-state index in [1.165, 1.54) is 0 Å². The van der Waals surface area contributed by atoms with Crippen LogP contribution in [0.25, 0.3) is 0 Å². The molecule has 5 N–H and O–H groups in total. The molecule has 1 aliphatic rings. The molecule has 2 atom stereocenters. The summed E-state index contributed by atoms with van der Waals surface area (Å²) >= 11 is 0. The van der Waals surface area contributed by atoms with Gasteiger partial charge in [-0.1, -0.05) is 0 Å².